The molecule has 1 aliphatic heterocycles. The third-order valence-electron chi connectivity index (χ3n) is 3.19. The minimum atomic E-state index is -0.343. The molecular formula is C13H18FNO2. The van der Waals surface area contributed by atoms with Crippen LogP contribution in [0.1, 0.15) is 18.9 Å². The third kappa shape index (κ3) is 2.58. The van der Waals surface area contributed by atoms with Gasteiger partial charge < -0.3 is 14.7 Å². The minimum Gasteiger partial charge on any atom is -0.391 e. The van der Waals surface area contributed by atoms with E-state index in [-0.39, 0.29) is 18.5 Å². The molecule has 1 heterocycles. The Labute approximate surface area is 101 Å². The predicted octanol–water partition coefficient (Wildman–Crippen LogP) is 1.93. The number of nitrogens with zero attached hydrogens (tertiary/aromatic N) is 1. The van der Waals surface area contributed by atoms with Crippen molar-refractivity contribution in [1.29, 1.82) is 0 Å². The summed E-state index contributed by atoms with van der Waals surface area (Å²) in [6.45, 7) is 3.96. The van der Waals surface area contributed by atoms with Gasteiger partial charge in [-0.05, 0) is 18.6 Å². The van der Waals surface area contributed by atoms with Gasteiger partial charge in [0, 0.05) is 24.3 Å². The normalized spacial score (nSPS) is 20.6. The molecule has 1 atom stereocenters. The summed E-state index contributed by atoms with van der Waals surface area (Å²) in [7, 11) is 0. The second-order valence-corrected chi connectivity index (χ2v) is 4.24. The van der Waals surface area contributed by atoms with Gasteiger partial charge in [-0.25, -0.2) is 4.39 Å². The lowest BCUT2D eigenvalue weighted by Crippen LogP contribution is -2.42. The van der Waals surface area contributed by atoms with E-state index in [1.54, 1.807) is 6.07 Å². The zero-order chi connectivity index (χ0) is 12.3. The summed E-state index contributed by atoms with van der Waals surface area (Å²) < 4.78 is 19.2. The number of aliphatic hydroxyl groups is 1. The van der Waals surface area contributed by atoms with Gasteiger partial charge in [-0.15, -0.1) is 0 Å². The molecule has 1 unspecified atom stereocenters. The van der Waals surface area contributed by atoms with Gasteiger partial charge in [0.25, 0.3) is 0 Å². The maximum absolute atomic E-state index is 13.6. The fraction of sp³-hybridized carbons (Fsp3) is 0.538. The van der Waals surface area contributed by atoms with E-state index in [1.807, 2.05) is 6.07 Å². The largest absolute Gasteiger partial charge is 0.391 e. The molecule has 1 fully saturated rings. The molecule has 1 aliphatic rings. The quantitative estimate of drug-likeness (QED) is 0.875. The fourth-order valence-corrected chi connectivity index (χ4v) is 2.19. The highest BCUT2D eigenvalue weighted by atomic mass is 19.1. The van der Waals surface area contributed by atoms with Crippen LogP contribution >= 0.6 is 0 Å². The Kier molecular flexibility index (Phi) is 3.97. The Morgan fingerprint density at radius 1 is 1.53 bits per heavy atom. The van der Waals surface area contributed by atoms with Gasteiger partial charge in [-0.3, -0.25) is 0 Å². The lowest BCUT2D eigenvalue weighted by atomic mass is 10.1. The van der Waals surface area contributed by atoms with E-state index in [9.17, 15) is 9.50 Å². The predicted molar refractivity (Wildman–Crippen MR) is 64.6 cm³/mol. The van der Waals surface area contributed by atoms with Gasteiger partial charge >= 0.3 is 0 Å². The number of aliphatic hydroxyl groups excluding tert-OH is 1. The van der Waals surface area contributed by atoms with E-state index in [0.29, 0.717) is 12.2 Å². The van der Waals surface area contributed by atoms with E-state index in [1.165, 1.54) is 6.07 Å². The molecule has 1 saturated heterocycles. The first-order valence-electron chi connectivity index (χ1n) is 6.01. The van der Waals surface area contributed by atoms with Crippen molar-refractivity contribution in [2.24, 2.45) is 0 Å². The average molecular weight is 239 g/mol. The zero-order valence-corrected chi connectivity index (χ0v) is 10.0. The van der Waals surface area contributed by atoms with Crippen LogP contribution in [0.15, 0.2) is 18.2 Å². The Bertz CT molecular complexity index is 384. The van der Waals surface area contributed by atoms with Crippen LogP contribution in [0.4, 0.5) is 10.1 Å². The molecule has 0 aliphatic carbocycles. The Balaban J connectivity index is 2.24. The van der Waals surface area contributed by atoms with Crippen LogP contribution in [-0.2, 0) is 11.3 Å². The van der Waals surface area contributed by atoms with Crippen molar-refractivity contribution in [3.05, 3.63) is 29.6 Å². The highest BCUT2D eigenvalue weighted by Gasteiger charge is 2.21. The van der Waals surface area contributed by atoms with Crippen molar-refractivity contribution < 1.29 is 14.2 Å². The van der Waals surface area contributed by atoms with Crippen molar-refractivity contribution >= 4 is 5.69 Å². The molecular weight excluding hydrogens is 221 g/mol. The van der Waals surface area contributed by atoms with Gasteiger partial charge in [0.2, 0.25) is 0 Å². The molecule has 0 saturated carbocycles. The maximum Gasteiger partial charge on any atom is 0.130 e. The molecule has 0 spiro atoms. The highest BCUT2D eigenvalue weighted by Crippen LogP contribution is 2.25. The number of ether oxygens (including phenoxy) is 1. The van der Waals surface area contributed by atoms with E-state index in [4.69, 9.17) is 4.74 Å². The van der Waals surface area contributed by atoms with Gasteiger partial charge in [0.05, 0.1) is 19.3 Å². The summed E-state index contributed by atoms with van der Waals surface area (Å²) in [6.07, 6.45) is 1.14. The number of anilines is 1. The second-order valence-electron chi connectivity index (χ2n) is 4.24. The second kappa shape index (κ2) is 5.47. The molecule has 1 N–H and O–H groups in total. The van der Waals surface area contributed by atoms with Gasteiger partial charge in [0.15, 0.2) is 0 Å². The van der Waals surface area contributed by atoms with Gasteiger partial charge in [0.1, 0.15) is 5.82 Å². The fourth-order valence-electron chi connectivity index (χ4n) is 2.19. The molecule has 0 amide bonds. The third-order valence-corrected chi connectivity index (χ3v) is 3.19. The first-order chi connectivity index (χ1) is 8.26. The van der Waals surface area contributed by atoms with Crippen LogP contribution in [0, 0.1) is 5.82 Å². The molecule has 4 heteroatoms. The number of benzene rings is 1. The highest BCUT2D eigenvalue weighted by molar-refractivity contribution is 5.54. The maximum atomic E-state index is 13.6. The zero-order valence-electron chi connectivity index (χ0n) is 10.0. The number of halogens is 1. The number of rotatable bonds is 3. The van der Waals surface area contributed by atoms with Crippen molar-refractivity contribution in [2.75, 3.05) is 24.6 Å². The molecule has 3 nitrogen and oxygen atoms in total. The summed E-state index contributed by atoms with van der Waals surface area (Å²) in [5, 5.41) is 9.26. The summed E-state index contributed by atoms with van der Waals surface area (Å²) in [6, 6.07) is 4.92. The standard InChI is InChI=1S/C13H18FNO2/c1-2-10-8-15(6-7-17-10)13-5-3-4-12(14)11(13)9-16/h3-5,10,16H,2,6-9H2,1H3. The van der Waals surface area contributed by atoms with Crippen LogP contribution in [0.3, 0.4) is 0 Å². The minimum absolute atomic E-state index is 0.193. The molecule has 1 aromatic carbocycles. The molecule has 17 heavy (non-hydrogen) atoms. The smallest absolute Gasteiger partial charge is 0.130 e. The number of morpholine rings is 1. The Hall–Kier alpha value is -1.13. The van der Waals surface area contributed by atoms with E-state index in [2.05, 4.69) is 11.8 Å². The number of hydrogen-bond donors (Lipinski definition) is 1. The summed E-state index contributed by atoms with van der Waals surface area (Å²) >= 11 is 0. The van der Waals surface area contributed by atoms with Crippen LogP contribution in [0.2, 0.25) is 0 Å². The summed E-state index contributed by atoms with van der Waals surface area (Å²) in [5.41, 5.74) is 1.17. The Morgan fingerprint density at radius 3 is 3.06 bits per heavy atom. The lowest BCUT2D eigenvalue weighted by molar-refractivity contribution is 0.0383. The first kappa shape index (κ1) is 12.3. The lowest BCUT2D eigenvalue weighted by Gasteiger charge is -2.35. The summed E-state index contributed by atoms with van der Waals surface area (Å²) in [5.74, 6) is -0.343. The Morgan fingerprint density at radius 2 is 2.35 bits per heavy atom. The number of hydrogen-bond acceptors (Lipinski definition) is 3. The first-order valence-corrected chi connectivity index (χ1v) is 6.01. The molecule has 0 aromatic heterocycles. The van der Waals surface area contributed by atoms with E-state index in [0.717, 1.165) is 25.2 Å². The van der Waals surface area contributed by atoms with Crippen LogP contribution in [0.5, 0.6) is 0 Å². The van der Waals surface area contributed by atoms with E-state index >= 15 is 0 Å². The van der Waals surface area contributed by atoms with Crippen LogP contribution in [0.25, 0.3) is 0 Å². The van der Waals surface area contributed by atoms with E-state index < -0.39 is 0 Å². The van der Waals surface area contributed by atoms with Crippen molar-refractivity contribution in [3.8, 4) is 0 Å². The molecule has 1 aromatic rings. The van der Waals surface area contributed by atoms with Gasteiger partial charge in [-0.1, -0.05) is 13.0 Å². The van der Waals surface area contributed by atoms with Crippen molar-refractivity contribution in [2.45, 2.75) is 26.1 Å². The van der Waals surface area contributed by atoms with Crippen LogP contribution < -0.4 is 4.90 Å². The van der Waals surface area contributed by atoms with Crippen LogP contribution in [-0.4, -0.2) is 30.9 Å². The molecule has 0 radical (unpaired) electrons. The molecule has 94 valence electrons. The monoisotopic (exact) mass is 239 g/mol. The van der Waals surface area contributed by atoms with Crippen molar-refractivity contribution in [3.63, 3.8) is 0 Å². The topological polar surface area (TPSA) is 32.7 Å². The van der Waals surface area contributed by atoms with Gasteiger partial charge in [-0.2, -0.15) is 0 Å². The molecule has 0 bridgehead atoms. The molecule has 2 rings (SSSR count). The van der Waals surface area contributed by atoms with Crippen molar-refractivity contribution in [1.82, 2.24) is 0 Å². The average Bonchev–Trinajstić information content (AvgIpc) is 2.38. The summed E-state index contributed by atoms with van der Waals surface area (Å²) in [4.78, 5) is 2.09. The SMILES string of the molecule is CCC1CN(c2cccc(F)c2CO)CCO1.